The van der Waals surface area contributed by atoms with E-state index in [1.807, 2.05) is 32.8 Å². The summed E-state index contributed by atoms with van der Waals surface area (Å²) in [5, 5.41) is 17.0. The van der Waals surface area contributed by atoms with Gasteiger partial charge in [0.1, 0.15) is 6.10 Å². The number of Topliss-reactive ketones (excluding diaryl/α,β-unsaturated/α-hetero) is 1. The molecule has 2 aliphatic rings. The molecular formula is C32H48N4O8. The molecule has 0 spiro atoms. The average molecular weight is 617 g/mol. The van der Waals surface area contributed by atoms with Crippen LogP contribution in [0.1, 0.15) is 40.5 Å². The number of allylic oxidation sites excluding steroid dienone is 4. The summed E-state index contributed by atoms with van der Waals surface area (Å²) in [5.41, 5.74) is 6.55. The van der Waals surface area contributed by atoms with Crippen molar-refractivity contribution in [2.75, 3.05) is 41.4 Å². The minimum atomic E-state index is -0.997. The minimum Gasteiger partial charge on any atom is -0.439 e. The number of likely N-dealkylation sites (N-methyl/N-ethyl adjacent to an activating group) is 1. The normalized spacial score (nSPS) is 31.0. The van der Waals surface area contributed by atoms with E-state index in [1.165, 1.54) is 20.3 Å². The average Bonchev–Trinajstić information content (AvgIpc) is 2.95. The topological polar surface area (TPSA) is 170 Å². The highest BCUT2D eigenvalue weighted by molar-refractivity contribution is 6.23. The first-order valence-electron chi connectivity index (χ1n) is 14.7. The molecule has 0 saturated heterocycles. The van der Waals surface area contributed by atoms with Crippen molar-refractivity contribution in [1.82, 2.24) is 15.5 Å². The lowest BCUT2D eigenvalue weighted by atomic mass is 9.85. The van der Waals surface area contributed by atoms with Crippen molar-refractivity contribution in [3.05, 3.63) is 58.5 Å². The third kappa shape index (κ3) is 10.3. The van der Waals surface area contributed by atoms with Gasteiger partial charge in [0.25, 0.3) is 5.91 Å². The summed E-state index contributed by atoms with van der Waals surface area (Å²) in [4.78, 5) is 53.7. The maximum Gasteiger partial charge on any atom is 0.405 e. The highest BCUT2D eigenvalue weighted by atomic mass is 16.6. The van der Waals surface area contributed by atoms with Crippen molar-refractivity contribution in [3.63, 3.8) is 0 Å². The summed E-state index contributed by atoms with van der Waals surface area (Å²) in [6.45, 7) is 8.09. The van der Waals surface area contributed by atoms with E-state index in [4.69, 9.17) is 19.9 Å². The highest BCUT2D eigenvalue weighted by Crippen LogP contribution is 2.28. The number of rotatable bonds is 7. The largest absolute Gasteiger partial charge is 0.439 e. The zero-order valence-corrected chi connectivity index (χ0v) is 27.0. The third-order valence-electron chi connectivity index (χ3n) is 7.65. The Morgan fingerprint density at radius 1 is 1.16 bits per heavy atom. The van der Waals surface area contributed by atoms with Crippen LogP contribution in [0.25, 0.3) is 0 Å². The molecule has 2 bridgehead atoms. The molecule has 0 aromatic carbocycles. The number of fused-ring (bicyclic) bond motifs is 2. The maximum absolute atomic E-state index is 13.7. The molecule has 0 aromatic heterocycles. The summed E-state index contributed by atoms with van der Waals surface area (Å²) >= 11 is 0. The van der Waals surface area contributed by atoms with Crippen molar-refractivity contribution in [1.29, 1.82) is 0 Å². The zero-order chi connectivity index (χ0) is 33.1. The number of nitrogens with one attached hydrogen (secondary N) is 2. The van der Waals surface area contributed by atoms with Crippen molar-refractivity contribution < 1.29 is 38.5 Å². The fourth-order valence-electron chi connectivity index (χ4n) is 5.18. The summed E-state index contributed by atoms with van der Waals surface area (Å²) in [5.74, 6) is -2.06. The van der Waals surface area contributed by atoms with Gasteiger partial charge in [0.05, 0.1) is 23.6 Å². The lowest BCUT2D eigenvalue weighted by molar-refractivity contribution is -0.120. The number of ether oxygens (including phenoxy) is 3. The predicted molar refractivity (Wildman–Crippen MR) is 166 cm³/mol. The van der Waals surface area contributed by atoms with Gasteiger partial charge in [-0.2, -0.15) is 0 Å². The molecule has 244 valence electrons. The number of carbonyl (C=O) groups is 4. The molecule has 0 fully saturated rings. The van der Waals surface area contributed by atoms with Gasteiger partial charge in [-0.15, -0.1) is 0 Å². The van der Waals surface area contributed by atoms with E-state index < -0.39 is 53.9 Å². The number of aliphatic hydroxyl groups excluding tert-OH is 1. The Morgan fingerprint density at radius 3 is 2.43 bits per heavy atom. The van der Waals surface area contributed by atoms with Gasteiger partial charge in [-0.1, -0.05) is 38.2 Å². The van der Waals surface area contributed by atoms with Crippen LogP contribution >= 0.6 is 0 Å². The number of methoxy groups -OCH3 is 2. The number of hydrogen-bond acceptors (Lipinski definition) is 10. The predicted octanol–water partition coefficient (Wildman–Crippen LogP) is 1.91. The second-order valence-corrected chi connectivity index (χ2v) is 11.7. The highest BCUT2D eigenvalue weighted by Gasteiger charge is 2.33. The SMILES string of the molecule is CO[C@H]1/C=C/C=C(\C)C(=O)NC2=CC(=O)C(NCCN(C)C)=C(C[C@H](C)C[C@H](OC)[C@H](O)[C@H](C)/C=C(/C)[C@H]1OC(N)=O)C2=O. The van der Waals surface area contributed by atoms with E-state index in [0.717, 1.165) is 6.08 Å². The van der Waals surface area contributed by atoms with Crippen LogP contribution in [0.3, 0.4) is 0 Å². The molecule has 0 saturated carbocycles. The molecule has 6 atom stereocenters. The summed E-state index contributed by atoms with van der Waals surface area (Å²) in [7, 11) is 6.74. The first-order chi connectivity index (χ1) is 20.7. The van der Waals surface area contributed by atoms with Crippen molar-refractivity contribution in [2.24, 2.45) is 17.6 Å². The van der Waals surface area contributed by atoms with E-state index in [1.54, 1.807) is 32.1 Å². The Labute approximate surface area is 260 Å². The minimum absolute atomic E-state index is 0.114. The van der Waals surface area contributed by atoms with E-state index in [9.17, 15) is 24.3 Å². The number of amides is 2. The standard InChI is InChI=1S/C32H48N4O8/c1-18-14-22-27(34-12-13-36(5)6)24(37)17-23(29(22)39)35-31(40)19(2)10-9-11-25(42-7)30(44-32(33)41)21(4)16-20(3)28(38)26(15-18)43-8/h9-11,16-18,20,25-26,28,30,34,38H,12-15H2,1-8H3,(H2,33,41)(H,35,40)/b11-9+,19-10+,21-16-/t18-,20+,25-,26-,28+,30+/m0/s1. The Bertz CT molecular complexity index is 1230. The van der Waals surface area contributed by atoms with Gasteiger partial charge in [-0.25, -0.2) is 4.79 Å². The number of hydrogen-bond donors (Lipinski definition) is 4. The Kier molecular flexibility index (Phi) is 14.2. The smallest absolute Gasteiger partial charge is 0.405 e. The van der Waals surface area contributed by atoms with Crippen molar-refractivity contribution in [2.45, 2.75) is 65.0 Å². The van der Waals surface area contributed by atoms with Gasteiger partial charge in [0.2, 0.25) is 11.6 Å². The molecule has 2 amide bonds. The quantitative estimate of drug-likeness (QED) is 0.245. The first kappa shape index (κ1) is 36.6. The Hall–Kier alpha value is -3.58. The maximum atomic E-state index is 13.7. The first-order valence-corrected chi connectivity index (χ1v) is 14.7. The van der Waals surface area contributed by atoms with Crippen LogP contribution in [-0.4, -0.2) is 99.4 Å². The second kappa shape index (κ2) is 17.0. The molecule has 5 N–H and O–H groups in total. The van der Waals surface area contributed by atoms with E-state index in [-0.39, 0.29) is 34.9 Å². The number of nitrogens with two attached hydrogens (primary N) is 1. The summed E-state index contributed by atoms with van der Waals surface area (Å²) in [6, 6.07) is 0. The van der Waals surface area contributed by atoms with Crippen LogP contribution in [0.2, 0.25) is 0 Å². The molecule has 12 nitrogen and oxygen atoms in total. The molecule has 2 rings (SSSR count). The van der Waals surface area contributed by atoms with Gasteiger partial charge in [-0.05, 0) is 52.3 Å². The molecule has 12 heteroatoms. The third-order valence-corrected chi connectivity index (χ3v) is 7.65. The molecule has 0 radical (unpaired) electrons. The van der Waals surface area contributed by atoms with E-state index in [2.05, 4.69) is 10.6 Å². The van der Waals surface area contributed by atoms with E-state index >= 15 is 0 Å². The Balaban J connectivity index is 2.60. The lowest BCUT2D eigenvalue weighted by Gasteiger charge is -2.30. The monoisotopic (exact) mass is 616 g/mol. The van der Waals surface area contributed by atoms with Crippen LogP contribution in [0, 0.1) is 11.8 Å². The van der Waals surface area contributed by atoms with Gasteiger partial charge < -0.3 is 40.6 Å². The van der Waals surface area contributed by atoms with E-state index in [0.29, 0.717) is 25.1 Å². The Morgan fingerprint density at radius 2 is 1.84 bits per heavy atom. The summed E-state index contributed by atoms with van der Waals surface area (Å²) < 4.78 is 16.6. The fourth-order valence-corrected chi connectivity index (χ4v) is 5.18. The number of carbonyl (C=O) groups excluding carboxylic acids is 4. The molecule has 1 aliphatic carbocycles. The number of aliphatic hydroxyl groups is 1. The van der Waals surface area contributed by atoms with Gasteiger partial charge in [-0.3, -0.25) is 14.4 Å². The van der Waals surface area contributed by atoms with Crippen LogP contribution in [0.4, 0.5) is 4.79 Å². The molecule has 1 heterocycles. The molecule has 1 aliphatic heterocycles. The fraction of sp³-hybridized carbons (Fsp3) is 0.562. The molecule has 0 unspecified atom stereocenters. The molecular weight excluding hydrogens is 568 g/mol. The lowest BCUT2D eigenvalue weighted by Crippen LogP contribution is -2.38. The van der Waals surface area contributed by atoms with Crippen LogP contribution in [-0.2, 0) is 28.6 Å². The zero-order valence-electron chi connectivity index (χ0n) is 27.0. The molecule has 0 aromatic rings. The summed E-state index contributed by atoms with van der Waals surface area (Å²) in [6.07, 6.45) is 3.88. The van der Waals surface area contributed by atoms with Gasteiger partial charge in [0, 0.05) is 50.4 Å². The van der Waals surface area contributed by atoms with Crippen molar-refractivity contribution >= 4 is 23.6 Å². The van der Waals surface area contributed by atoms with Gasteiger partial charge in [0.15, 0.2) is 6.10 Å². The second-order valence-electron chi connectivity index (χ2n) is 11.7. The van der Waals surface area contributed by atoms with Gasteiger partial charge >= 0.3 is 6.09 Å². The number of nitrogens with zero attached hydrogens (tertiary/aromatic N) is 1. The number of ketones is 2. The van der Waals surface area contributed by atoms with Crippen LogP contribution in [0.5, 0.6) is 0 Å². The number of primary amides is 1. The van der Waals surface area contributed by atoms with Crippen LogP contribution in [0.15, 0.2) is 58.5 Å². The van der Waals surface area contributed by atoms with Crippen molar-refractivity contribution in [3.8, 4) is 0 Å². The molecule has 44 heavy (non-hydrogen) atoms. The van der Waals surface area contributed by atoms with Crippen LogP contribution < -0.4 is 16.4 Å².